The van der Waals surface area contributed by atoms with Crippen molar-refractivity contribution in [3.05, 3.63) is 71.8 Å². The van der Waals surface area contributed by atoms with Crippen LogP contribution in [-0.4, -0.2) is 17.7 Å². The van der Waals surface area contributed by atoms with Crippen molar-refractivity contribution in [2.24, 2.45) is 0 Å². The van der Waals surface area contributed by atoms with E-state index in [1.807, 2.05) is 0 Å². The van der Waals surface area contributed by atoms with Crippen molar-refractivity contribution < 1.29 is 14.0 Å². The second-order valence-electron chi connectivity index (χ2n) is 3.82. The van der Waals surface area contributed by atoms with E-state index in [0.29, 0.717) is 0 Å². The summed E-state index contributed by atoms with van der Waals surface area (Å²) in [6, 6.07) is 16.0. The minimum Gasteiger partial charge on any atom is -0.290 e. The first-order chi connectivity index (χ1) is 8.70. The van der Waals surface area contributed by atoms with Crippen molar-refractivity contribution in [3.8, 4) is 0 Å². The van der Waals surface area contributed by atoms with E-state index in [1.54, 1.807) is 36.4 Å². The lowest BCUT2D eigenvalue weighted by Gasteiger charge is -2.06. The lowest BCUT2D eigenvalue weighted by Crippen LogP contribution is -2.25. The molecule has 18 heavy (non-hydrogen) atoms. The molecule has 2 aromatic carbocycles. The number of halogens is 1. The van der Waals surface area contributed by atoms with Gasteiger partial charge in [0.15, 0.2) is 0 Å². The molecule has 0 saturated heterocycles. The topological polar surface area (TPSA) is 34.1 Å². The van der Waals surface area contributed by atoms with Crippen LogP contribution in [0.5, 0.6) is 0 Å². The summed E-state index contributed by atoms with van der Waals surface area (Å²) in [6.45, 7) is 0. The van der Waals surface area contributed by atoms with Gasteiger partial charge in [-0.15, -0.1) is 0 Å². The van der Waals surface area contributed by atoms with E-state index in [4.69, 9.17) is 0 Å². The standard InChI is InChI=1S/C15H11FO2/c16-13(14(17)11-7-3-1-4-8-11)15(18)12-9-5-2-6-10-12/h1-10,13H. The van der Waals surface area contributed by atoms with Crippen molar-refractivity contribution in [1.82, 2.24) is 0 Å². The van der Waals surface area contributed by atoms with Gasteiger partial charge in [0.2, 0.25) is 17.7 Å². The molecule has 3 heteroatoms. The molecule has 0 radical (unpaired) electrons. The van der Waals surface area contributed by atoms with Crippen molar-refractivity contribution in [2.45, 2.75) is 6.17 Å². The molecule has 0 unspecified atom stereocenters. The van der Waals surface area contributed by atoms with Gasteiger partial charge in [-0.2, -0.15) is 0 Å². The first kappa shape index (κ1) is 12.2. The zero-order valence-corrected chi connectivity index (χ0v) is 9.55. The van der Waals surface area contributed by atoms with Crippen LogP contribution in [0, 0.1) is 0 Å². The largest absolute Gasteiger partial charge is 0.290 e. The fourth-order valence-electron chi connectivity index (χ4n) is 1.62. The fraction of sp³-hybridized carbons (Fsp3) is 0.0667. The number of benzene rings is 2. The molecule has 0 bridgehead atoms. The molecule has 0 aliphatic heterocycles. The van der Waals surface area contributed by atoms with Gasteiger partial charge in [0, 0.05) is 11.1 Å². The van der Waals surface area contributed by atoms with Gasteiger partial charge in [-0.25, -0.2) is 4.39 Å². The molecule has 0 N–H and O–H groups in total. The smallest absolute Gasteiger partial charge is 0.225 e. The third kappa shape index (κ3) is 2.51. The Labute approximate surface area is 104 Å². The summed E-state index contributed by atoms with van der Waals surface area (Å²) >= 11 is 0. The van der Waals surface area contributed by atoms with Gasteiger partial charge in [0.1, 0.15) is 0 Å². The minimum absolute atomic E-state index is 0.203. The van der Waals surface area contributed by atoms with Crippen LogP contribution in [0.1, 0.15) is 20.7 Å². The first-order valence-corrected chi connectivity index (χ1v) is 5.53. The maximum Gasteiger partial charge on any atom is 0.225 e. The Hall–Kier alpha value is -2.29. The van der Waals surface area contributed by atoms with E-state index in [1.165, 1.54) is 24.3 Å². The fourth-order valence-corrected chi connectivity index (χ4v) is 1.62. The van der Waals surface area contributed by atoms with E-state index >= 15 is 0 Å². The first-order valence-electron chi connectivity index (χ1n) is 5.53. The predicted molar refractivity (Wildman–Crippen MR) is 66.4 cm³/mol. The zero-order valence-electron chi connectivity index (χ0n) is 9.55. The lowest BCUT2D eigenvalue weighted by atomic mass is 10.00. The normalized spacial score (nSPS) is 10.3. The highest BCUT2D eigenvalue weighted by atomic mass is 19.1. The van der Waals surface area contributed by atoms with Crippen LogP contribution in [0.25, 0.3) is 0 Å². The number of rotatable bonds is 4. The average molecular weight is 242 g/mol. The molecule has 0 spiro atoms. The lowest BCUT2D eigenvalue weighted by molar-refractivity contribution is 0.0758. The van der Waals surface area contributed by atoms with Crippen molar-refractivity contribution >= 4 is 11.6 Å². The highest BCUT2D eigenvalue weighted by Gasteiger charge is 2.27. The van der Waals surface area contributed by atoms with E-state index in [0.717, 1.165) is 0 Å². The number of carbonyl (C=O) groups is 2. The van der Waals surface area contributed by atoms with Crippen molar-refractivity contribution in [3.63, 3.8) is 0 Å². The molecule has 90 valence electrons. The van der Waals surface area contributed by atoms with Crippen LogP contribution in [0.15, 0.2) is 60.7 Å². The molecule has 0 aliphatic carbocycles. The van der Waals surface area contributed by atoms with Gasteiger partial charge < -0.3 is 0 Å². The highest BCUT2D eigenvalue weighted by Crippen LogP contribution is 2.12. The summed E-state index contributed by atoms with van der Waals surface area (Å²) in [4.78, 5) is 23.5. The molecular weight excluding hydrogens is 231 g/mol. The molecule has 0 fully saturated rings. The highest BCUT2D eigenvalue weighted by molar-refractivity contribution is 6.18. The summed E-state index contributed by atoms with van der Waals surface area (Å²) in [5.41, 5.74) is 0.406. The third-order valence-electron chi connectivity index (χ3n) is 2.58. The van der Waals surface area contributed by atoms with Gasteiger partial charge in [0.05, 0.1) is 0 Å². The number of alkyl halides is 1. The summed E-state index contributed by atoms with van der Waals surface area (Å²) in [7, 11) is 0. The van der Waals surface area contributed by atoms with Crippen LogP contribution in [0.2, 0.25) is 0 Å². The monoisotopic (exact) mass is 242 g/mol. The number of carbonyl (C=O) groups excluding carboxylic acids is 2. The van der Waals surface area contributed by atoms with Gasteiger partial charge in [0.25, 0.3) is 0 Å². The van der Waals surface area contributed by atoms with Crippen molar-refractivity contribution in [2.75, 3.05) is 0 Å². The maximum atomic E-state index is 13.9. The minimum atomic E-state index is -2.14. The average Bonchev–Trinajstić information content (AvgIpc) is 2.47. The van der Waals surface area contributed by atoms with E-state index in [2.05, 4.69) is 0 Å². The summed E-state index contributed by atoms with van der Waals surface area (Å²) in [5, 5.41) is 0. The molecule has 0 amide bonds. The van der Waals surface area contributed by atoms with Gasteiger partial charge >= 0.3 is 0 Å². The maximum absolute atomic E-state index is 13.9. The molecule has 0 aromatic heterocycles. The van der Waals surface area contributed by atoms with Crippen LogP contribution < -0.4 is 0 Å². The quantitative estimate of drug-likeness (QED) is 0.610. The van der Waals surface area contributed by atoms with Gasteiger partial charge in [-0.05, 0) is 0 Å². The molecular formula is C15H11FO2. The second kappa shape index (κ2) is 5.36. The van der Waals surface area contributed by atoms with Crippen molar-refractivity contribution in [1.29, 1.82) is 0 Å². The molecule has 0 aliphatic rings. The number of hydrogen-bond acceptors (Lipinski definition) is 2. The van der Waals surface area contributed by atoms with Gasteiger partial charge in [-0.1, -0.05) is 60.7 Å². The Morgan fingerprint density at radius 2 is 1.06 bits per heavy atom. The predicted octanol–water partition coefficient (Wildman–Crippen LogP) is 3.09. The Balaban J connectivity index is 2.20. The Bertz CT molecular complexity index is 498. The molecule has 2 rings (SSSR count). The van der Waals surface area contributed by atoms with E-state index < -0.39 is 17.7 Å². The summed E-state index contributed by atoms with van der Waals surface area (Å²) < 4.78 is 13.9. The van der Waals surface area contributed by atoms with Crippen LogP contribution >= 0.6 is 0 Å². The van der Waals surface area contributed by atoms with Crippen LogP contribution in [0.4, 0.5) is 4.39 Å². The number of hydrogen-bond donors (Lipinski definition) is 0. The van der Waals surface area contributed by atoms with Crippen LogP contribution in [0.3, 0.4) is 0 Å². The SMILES string of the molecule is O=C(c1ccccc1)C(F)C(=O)c1ccccc1. The summed E-state index contributed by atoms with van der Waals surface area (Å²) in [6.07, 6.45) is -2.14. The second-order valence-corrected chi connectivity index (χ2v) is 3.82. The zero-order chi connectivity index (χ0) is 13.0. The molecule has 0 atom stereocenters. The number of Topliss-reactive ketones (excluding diaryl/α,β-unsaturated/α-hetero) is 2. The Morgan fingerprint density at radius 3 is 1.39 bits per heavy atom. The van der Waals surface area contributed by atoms with Crippen LogP contribution in [-0.2, 0) is 0 Å². The Kier molecular flexibility index (Phi) is 3.63. The molecule has 0 heterocycles. The Morgan fingerprint density at radius 1 is 0.722 bits per heavy atom. The van der Waals surface area contributed by atoms with E-state index in [9.17, 15) is 14.0 Å². The van der Waals surface area contributed by atoms with Gasteiger partial charge in [-0.3, -0.25) is 9.59 Å². The third-order valence-corrected chi connectivity index (χ3v) is 2.58. The summed E-state index contributed by atoms with van der Waals surface area (Å²) in [5.74, 6) is -1.60. The molecule has 2 nitrogen and oxygen atoms in total. The van der Waals surface area contributed by atoms with E-state index in [-0.39, 0.29) is 11.1 Å². The number of ketones is 2. The molecule has 0 saturated carbocycles. The molecule has 2 aromatic rings.